The van der Waals surface area contributed by atoms with E-state index in [-0.39, 0.29) is 30.3 Å². The van der Waals surface area contributed by atoms with Crippen LogP contribution in [0.2, 0.25) is 0 Å². The third kappa shape index (κ3) is 4.73. The summed E-state index contributed by atoms with van der Waals surface area (Å²) in [7, 11) is 0. The van der Waals surface area contributed by atoms with Gasteiger partial charge in [0.15, 0.2) is 5.16 Å². The fourth-order valence-corrected chi connectivity index (χ4v) is 3.20. The summed E-state index contributed by atoms with van der Waals surface area (Å²) in [5, 5.41) is 3.32. The molecule has 0 aliphatic heterocycles. The van der Waals surface area contributed by atoms with Crippen LogP contribution in [0.25, 0.3) is 11.0 Å². The summed E-state index contributed by atoms with van der Waals surface area (Å²) < 4.78 is 43.2. The number of carbonyl (C=O) groups excluding carboxylic acids is 1. The van der Waals surface area contributed by atoms with Gasteiger partial charge < -0.3 is 14.6 Å². The minimum atomic E-state index is -4.79. The number of alkyl halides is 3. The average molecular weight is 395 g/mol. The molecule has 0 atom stereocenters. The Bertz CT molecular complexity index is 956. The van der Waals surface area contributed by atoms with E-state index in [1.165, 1.54) is 30.0 Å². The maximum Gasteiger partial charge on any atom is 0.573 e. The Morgan fingerprint density at radius 2 is 1.89 bits per heavy atom. The lowest BCUT2D eigenvalue weighted by atomic mass is 10.2. The molecule has 0 saturated heterocycles. The largest absolute Gasteiger partial charge is 0.573 e. The lowest BCUT2D eigenvalue weighted by molar-refractivity contribution is -0.274. The first-order valence-corrected chi connectivity index (χ1v) is 9.19. The molecule has 0 aliphatic rings. The SMILES string of the molecule is CSc1nc2ccccc2n1CC(=O)NCc1ccccc1OC(F)(F)F. The van der Waals surface area contributed by atoms with E-state index in [1.807, 2.05) is 30.5 Å². The summed E-state index contributed by atoms with van der Waals surface area (Å²) in [6, 6.07) is 13.1. The number of ether oxygens (including phenoxy) is 1. The monoisotopic (exact) mass is 395 g/mol. The second kappa shape index (κ2) is 7.91. The quantitative estimate of drug-likeness (QED) is 0.642. The molecule has 1 N–H and O–H groups in total. The van der Waals surface area contributed by atoms with Crippen LogP contribution in [0.4, 0.5) is 13.2 Å². The van der Waals surface area contributed by atoms with Gasteiger partial charge in [-0.2, -0.15) is 0 Å². The number of amides is 1. The molecule has 0 saturated carbocycles. The topological polar surface area (TPSA) is 56.2 Å². The fraction of sp³-hybridized carbons (Fsp3) is 0.222. The number of hydrogen-bond acceptors (Lipinski definition) is 4. The molecule has 0 bridgehead atoms. The van der Waals surface area contributed by atoms with Crippen molar-refractivity contribution in [2.24, 2.45) is 0 Å². The number of nitrogens with zero attached hydrogens (tertiary/aromatic N) is 2. The molecule has 142 valence electrons. The molecule has 0 spiro atoms. The van der Waals surface area contributed by atoms with Gasteiger partial charge in [-0.15, -0.1) is 13.2 Å². The van der Waals surface area contributed by atoms with Crippen molar-refractivity contribution in [2.75, 3.05) is 6.26 Å². The molecule has 1 heterocycles. The van der Waals surface area contributed by atoms with Crippen LogP contribution in [-0.2, 0) is 17.9 Å². The van der Waals surface area contributed by atoms with E-state index in [1.54, 1.807) is 10.6 Å². The number of benzene rings is 2. The summed E-state index contributed by atoms with van der Waals surface area (Å²) in [6.45, 7) is -0.0642. The van der Waals surface area contributed by atoms with Crippen molar-refractivity contribution in [2.45, 2.75) is 24.6 Å². The molecule has 1 aromatic heterocycles. The highest BCUT2D eigenvalue weighted by molar-refractivity contribution is 7.98. The van der Waals surface area contributed by atoms with Crippen molar-refractivity contribution in [3.05, 3.63) is 54.1 Å². The molecule has 0 aliphatic carbocycles. The number of rotatable bonds is 6. The highest BCUT2D eigenvalue weighted by atomic mass is 32.2. The minimum Gasteiger partial charge on any atom is -0.405 e. The summed E-state index contributed by atoms with van der Waals surface area (Å²) >= 11 is 1.41. The van der Waals surface area contributed by atoms with E-state index < -0.39 is 6.36 Å². The summed E-state index contributed by atoms with van der Waals surface area (Å²) in [5.74, 6) is -0.668. The van der Waals surface area contributed by atoms with Gasteiger partial charge in [-0.25, -0.2) is 4.98 Å². The first kappa shape index (κ1) is 19.1. The highest BCUT2D eigenvalue weighted by Crippen LogP contribution is 2.26. The molecule has 0 fully saturated rings. The van der Waals surface area contributed by atoms with Gasteiger partial charge in [0.2, 0.25) is 5.91 Å². The minimum absolute atomic E-state index is 0.0129. The van der Waals surface area contributed by atoms with E-state index in [9.17, 15) is 18.0 Å². The molecule has 0 unspecified atom stereocenters. The molecule has 3 rings (SSSR count). The van der Waals surface area contributed by atoms with Crippen LogP contribution in [0.1, 0.15) is 5.56 Å². The zero-order chi connectivity index (χ0) is 19.4. The normalized spacial score (nSPS) is 11.6. The summed E-state index contributed by atoms with van der Waals surface area (Å²) in [5.41, 5.74) is 1.83. The third-order valence-corrected chi connectivity index (χ3v) is 4.45. The number of hydrogen-bond donors (Lipinski definition) is 1. The van der Waals surface area contributed by atoms with Crippen LogP contribution in [0, 0.1) is 0 Å². The van der Waals surface area contributed by atoms with E-state index >= 15 is 0 Å². The molecule has 3 aromatic rings. The summed E-state index contributed by atoms with van der Waals surface area (Å²) in [6.07, 6.45) is -2.93. The van der Waals surface area contributed by atoms with Crippen molar-refractivity contribution in [1.82, 2.24) is 14.9 Å². The van der Waals surface area contributed by atoms with Gasteiger partial charge in [-0.1, -0.05) is 42.1 Å². The smallest absolute Gasteiger partial charge is 0.405 e. The van der Waals surface area contributed by atoms with Crippen molar-refractivity contribution >= 4 is 28.7 Å². The molecule has 9 heteroatoms. The second-order valence-corrected chi connectivity index (χ2v) is 6.38. The van der Waals surface area contributed by atoms with E-state index in [2.05, 4.69) is 15.0 Å². The Hall–Kier alpha value is -2.68. The van der Waals surface area contributed by atoms with E-state index in [0.29, 0.717) is 5.16 Å². The van der Waals surface area contributed by atoms with Crippen LogP contribution in [0.15, 0.2) is 53.7 Å². The maximum atomic E-state index is 12.5. The predicted octanol–water partition coefficient (Wildman–Crippen LogP) is 3.97. The summed E-state index contributed by atoms with van der Waals surface area (Å²) in [4.78, 5) is 16.8. The lowest BCUT2D eigenvalue weighted by Crippen LogP contribution is -2.28. The van der Waals surface area contributed by atoms with Crippen molar-refractivity contribution < 1.29 is 22.7 Å². The number of aromatic nitrogens is 2. The van der Waals surface area contributed by atoms with Gasteiger partial charge in [-0.3, -0.25) is 4.79 Å². The van der Waals surface area contributed by atoms with Gasteiger partial charge in [0.25, 0.3) is 0 Å². The van der Waals surface area contributed by atoms with Gasteiger partial charge in [-0.05, 0) is 24.5 Å². The molecule has 2 aromatic carbocycles. The molecule has 5 nitrogen and oxygen atoms in total. The molecule has 27 heavy (non-hydrogen) atoms. The van der Waals surface area contributed by atoms with Crippen molar-refractivity contribution in [1.29, 1.82) is 0 Å². The Kier molecular flexibility index (Phi) is 5.59. The van der Waals surface area contributed by atoms with Crippen LogP contribution >= 0.6 is 11.8 Å². The Labute approximate surface area is 157 Å². The van der Waals surface area contributed by atoms with Crippen LogP contribution < -0.4 is 10.1 Å². The number of nitrogens with one attached hydrogen (secondary N) is 1. The number of halogens is 3. The Morgan fingerprint density at radius 1 is 1.19 bits per heavy atom. The molecular weight excluding hydrogens is 379 g/mol. The van der Waals surface area contributed by atoms with Crippen molar-refractivity contribution in [3.63, 3.8) is 0 Å². The van der Waals surface area contributed by atoms with Gasteiger partial charge >= 0.3 is 6.36 Å². The lowest BCUT2D eigenvalue weighted by Gasteiger charge is -2.14. The molecule has 1 amide bonds. The first-order valence-electron chi connectivity index (χ1n) is 7.97. The fourth-order valence-electron chi connectivity index (χ4n) is 2.63. The number of fused-ring (bicyclic) bond motifs is 1. The third-order valence-electron chi connectivity index (χ3n) is 3.78. The van der Waals surface area contributed by atoms with Gasteiger partial charge in [0.05, 0.1) is 11.0 Å². The van der Waals surface area contributed by atoms with Crippen LogP contribution in [-0.4, -0.2) is 28.1 Å². The number of para-hydroxylation sites is 3. The number of imidazole rings is 1. The zero-order valence-corrected chi connectivity index (χ0v) is 15.1. The van der Waals surface area contributed by atoms with Crippen LogP contribution in [0.3, 0.4) is 0 Å². The van der Waals surface area contributed by atoms with Gasteiger partial charge in [0.1, 0.15) is 12.3 Å². The van der Waals surface area contributed by atoms with Gasteiger partial charge in [0, 0.05) is 12.1 Å². The van der Waals surface area contributed by atoms with Crippen LogP contribution in [0.5, 0.6) is 5.75 Å². The van der Waals surface area contributed by atoms with E-state index in [4.69, 9.17) is 0 Å². The first-order chi connectivity index (χ1) is 12.9. The Balaban J connectivity index is 1.71. The average Bonchev–Trinajstić information content (AvgIpc) is 2.97. The predicted molar refractivity (Wildman–Crippen MR) is 96.5 cm³/mol. The maximum absolute atomic E-state index is 12.5. The molecule has 0 radical (unpaired) electrons. The van der Waals surface area contributed by atoms with E-state index in [0.717, 1.165) is 11.0 Å². The second-order valence-electron chi connectivity index (χ2n) is 5.61. The zero-order valence-electron chi connectivity index (χ0n) is 14.3. The number of carbonyl (C=O) groups is 1. The Morgan fingerprint density at radius 3 is 2.63 bits per heavy atom. The standard InChI is InChI=1S/C18H16F3N3O2S/c1-27-17-23-13-7-3-4-8-14(13)24(17)11-16(25)22-10-12-6-2-5-9-15(12)26-18(19,20)21/h2-9H,10-11H2,1H3,(H,22,25). The highest BCUT2D eigenvalue weighted by Gasteiger charge is 2.32. The molecular formula is C18H16F3N3O2S. The number of thioether (sulfide) groups is 1. The van der Waals surface area contributed by atoms with Crippen molar-refractivity contribution in [3.8, 4) is 5.75 Å².